The maximum absolute atomic E-state index is 11.8. The number of nitrogens with zero attached hydrogens (tertiary/aromatic N) is 1. The number of urea groups is 1. The summed E-state index contributed by atoms with van der Waals surface area (Å²) in [7, 11) is 0. The number of carbonyl (C=O) groups excluding carboxylic acids is 4. The van der Waals surface area contributed by atoms with Crippen molar-refractivity contribution in [2.24, 2.45) is 0 Å². The number of imide groups is 1. The Morgan fingerprint density at radius 2 is 2.22 bits per heavy atom. The minimum Gasteiger partial charge on any atom is -0.453 e. The Morgan fingerprint density at radius 3 is 2.78 bits per heavy atom. The van der Waals surface area contributed by atoms with Crippen LogP contribution in [-0.4, -0.2) is 41.1 Å². The molecule has 3 N–H and O–H groups in total. The quantitative estimate of drug-likeness (QED) is 0.488. The van der Waals surface area contributed by atoms with Crippen LogP contribution in [0.15, 0.2) is 10.6 Å². The minimum atomic E-state index is -1.04. The molecule has 0 saturated carbocycles. The zero-order valence-corrected chi connectivity index (χ0v) is 12.5. The fourth-order valence-electron chi connectivity index (χ4n) is 1.89. The summed E-state index contributed by atoms with van der Waals surface area (Å²) in [5.41, 5.74) is 0. The number of hydrogen-bond donors (Lipinski definition) is 3. The van der Waals surface area contributed by atoms with Gasteiger partial charge in [-0.25, -0.2) is 4.79 Å². The van der Waals surface area contributed by atoms with Gasteiger partial charge in [0.25, 0.3) is 11.8 Å². The van der Waals surface area contributed by atoms with Crippen molar-refractivity contribution in [1.29, 1.82) is 0 Å². The molecule has 1 aromatic rings. The highest BCUT2D eigenvalue weighted by Crippen LogP contribution is 2.09. The lowest BCUT2D eigenvalue weighted by Crippen LogP contribution is -2.32. The lowest BCUT2D eigenvalue weighted by Gasteiger charge is -2.13. The van der Waals surface area contributed by atoms with Gasteiger partial charge >= 0.3 is 12.0 Å². The van der Waals surface area contributed by atoms with Crippen molar-refractivity contribution in [2.45, 2.75) is 38.8 Å². The smallest absolute Gasteiger partial charge is 0.322 e. The van der Waals surface area contributed by atoms with Crippen LogP contribution in [0.2, 0.25) is 0 Å². The second-order valence-corrected chi connectivity index (χ2v) is 5.00. The maximum Gasteiger partial charge on any atom is 0.322 e. The molecule has 10 heteroatoms. The number of nitrogens with one attached hydrogen (secondary N) is 3. The van der Waals surface area contributed by atoms with Crippen LogP contribution in [0.25, 0.3) is 0 Å². The normalized spacial score (nSPS) is 18.1. The van der Waals surface area contributed by atoms with Gasteiger partial charge < -0.3 is 19.9 Å². The molecule has 1 aliphatic heterocycles. The Bertz CT molecular complexity index is 640. The van der Waals surface area contributed by atoms with Gasteiger partial charge in [0.05, 0.1) is 0 Å². The highest BCUT2D eigenvalue weighted by Gasteiger charge is 2.30. The zero-order chi connectivity index (χ0) is 17.0. The number of carbonyl (C=O) groups is 4. The number of hydrogen-bond acceptors (Lipinski definition) is 7. The first-order chi connectivity index (χ1) is 10.8. The second-order valence-electron chi connectivity index (χ2n) is 5.00. The molecule has 23 heavy (non-hydrogen) atoms. The topological polar surface area (TPSA) is 140 Å². The van der Waals surface area contributed by atoms with Gasteiger partial charge in [0.15, 0.2) is 11.9 Å². The van der Waals surface area contributed by atoms with Crippen molar-refractivity contribution in [1.82, 2.24) is 15.8 Å². The van der Waals surface area contributed by atoms with E-state index >= 15 is 0 Å². The summed E-state index contributed by atoms with van der Waals surface area (Å²) in [6.07, 6.45) is -1.06. The van der Waals surface area contributed by atoms with Gasteiger partial charge in [-0.3, -0.25) is 19.7 Å². The summed E-state index contributed by atoms with van der Waals surface area (Å²) in [6, 6.07) is 0.162. The summed E-state index contributed by atoms with van der Waals surface area (Å²) in [4.78, 5) is 45.7. The number of aryl methyl sites for hydroxylation is 1. The molecule has 0 aromatic carbocycles. The fraction of sp³-hybridized carbons (Fsp3) is 0.462. The Hall–Kier alpha value is -2.91. The molecule has 1 aromatic heterocycles. The number of esters is 1. The summed E-state index contributed by atoms with van der Waals surface area (Å²) >= 11 is 0. The molecule has 1 fully saturated rings. The average Bonchev–Trinajstić information content (AvgIpc) is 3.01. The summed E-state index contributed by atoms with van der Waals surface area (Å²) < 4.78 is 9.75. The monoisotopic (exact) mass is 324 g/mol. The molecule has 2 rings (SSSR count). The van der Waals surface area contributed by atoms with Gasteiger partial charge in [0.1, 0.15) is 11.8 Å². The molecule has 10 nitrogen and oxygen atoms in total. The fourth-order valence-corrected chi connectivity index (χ4v) is 1.89. The molecular weight excluding hydrogens is 308 g/mol. The molecule has 0 radical (unpaired) electrons. The van der Waals surface area contributed by atoms with E-state index in [1.54, 1.807) is 6.92 Å². The molecule has 0 unspecified atom stereocenters. The Labute approximate surface area is 130 Å². The zero-order valence-electron chi connectivity index (χ0n) is 12.5. The molecule has 0 bridgehead atoms. The first kappa shape index (κ1) is 16.5. The third-order valence-electron chi connectivity index (χ3n) is 3.05. The molecule has 2 heterocycles. The predicted octanol–water partition coefficient (Wildman–Crippen LogP) is -0.159. The van der Waals surface area contributed by atoms with E-state index in [-0.39, 0.29) is 18.7 Å². The standard InChI is InChI=1S/C13H16N4O6/c1-6-5-9(17-23-6)15-11(19)7(2)22-10(18)4-3-8-12(20)16-13(21)14-8/h5,7-8H,3-4H2,1-2H3,(H,15,17,19)(H2,14,16,20,21)/t7-,8-/m0/s1. The lowest BCUT2D eigenvalue weighted by molar-refractivity contribution is -0.153. The van der Waals surface area contributed by atoms with Gasteiger partial charge in [-0.1, -0.05) is 5.16 Å². The molecule has 2 atom stereocenters. The van der Waals surface area contributed by atoms with Crippen molar-refractivity contribution in [3.8, 4) is 0 Å². The van der Waals surface area contributed by atoms with E-state index in [4.69, 9.17) is 9.26 Å². The molecule has 0 aliphatic carbocycles. The minimum absolute atomic E-state index is 0.0905. The van der Waals surface area contributed by atoms with Gasteiger partial charge in [-0.15, -0.1) is 0 Å². The van der Waals surface area contributed by atoms with Crippen LogP contribution in [-0.2, 0) is 19.1 Å². The molecule has 1 aliphatic rings. The SMILES string of the molecule is Cc1cc(NC(=O)[C@H](C)OC(=O)CC[C@@H]2NC(=O)NC2=O)no1. The van der Waals surface area contributed by atoms with Crippen molar-refractivity contribution in [2.75, 3.05) is 5.32 Å². The van der Waals surface area contributed by atoms with Crippen LogP contribution in [0, 0.1) is 6.92 Å². The van der Waals surface area contributed by atoms with Gasteiger partial charge in [0, 0.05) is 12.5 Å². The first-order valence-electron chi connectivity index (χ1n) is 6.90. The van der Waals surface area contributed by atoms with Crippen LogP contribution in [0.5, 0.6) is 0 Å². The van der Waals surface area contributed by atoms with Crippen LogP contribution in [0.4, 0.5) is 10.6 Å². The van der Waals surface area contributed by atoms with E-state index < -0.39 is 36.0 Å². The summed E-state index contributed by atoms with van der Waals surface area (Å²) in [5.74, 6) is -0.950. The van der Waals surface area contributed by atoms with Crippen LogP contribution in [0.1, 0.15) is 25.5 Å². The van der Waals surface area contributed by atoms with Crippen molar-refractivity contribution >= 4 is 29.6 Å². The van der Waals surface area contributed by atoms with Crippen molar-refractivity contribution < 1.29 is 28.4 Å². The number of ether oxygens (including phenoxy) is 1. The molecule has 124 valence electrons. The Balaban J connectivity index is 1.74. The summed E-state index contributed by atoms with van der Waals surface area (Å²) in [5, 5.41) is 10.4. The number of amides is 4. The third-order valence-corrected chi connectivity index (χ3v) is 3.05. The Kier molecular flexibility index (Phi) is 4.94. The molecule has 4 amide bonds. The largest absolute Gasteiger partial charge is 0.453 e. The maximum atomic E-state index is 11.8. The third kappa shape index (κ3) is 4.53. The van der Waals surface area contributed by atoms with Crippen LogP contribution < -0.4 is 16.0 Å². The van der Waals surface area contributed by atoms with E-state index in [9.17, 15) is 19.2 Å². The van der Waals surface area contributed by atoms with Crippen molar-refractivity contribution in [3.63, 3.8) is 0 Å². The van der Waals surface area contributed by atoms with E-state index in [0.717, 1.165) is 0 Å². The van der Waals surface area contributed by atoms with Crippen molar-refractivity contribution in [3.05, 3.63) is 11.8 Å². The number of anilines is 1. The Morgan fingerprint density at radius 1 is 1.48 bits per heavy atom. The lowest BCUT2D eigenvalue weighted by atomic mass is 10.1. The summed E-state index contributed by atoms with van der Waals surface area (Å²) in [6.45, 7) is 3.08. The van der Waals surface area contributed by atoms with E-state index in [1.165, 1.54) is 13.0 Å². The first-order valence-corrected chi connectivity index (χ1v) is 6.90. The molecular formula is C13H16N4O6. The highest BCUT2D eigenvalue weighted by molar-refractivity contribution is 6.04. The number of rotatable bonds is 6. The van der Waals surface area contributed by atoms with Gasteiger partial charge in [0.2, 0.25) is 0 Å². The van der Waals surface area contributed by atoms with Gasteiger partial charge in [-0.05, 0) is 20.3 Å². The number of aromatic nitrogens is 1. The predicted molar refractivity (Wildman–Crippen MR) is 75.1 cm³/mol. The second kappa shape index (κ2) is 6.90. The average molecular weight is 324 g/mol. The van der Waals surface area contributed by atoms with Gasteiger partial charge in [-0.2, -0.15) is 0 Å². The molecule has 0 spiro atoms. The van der Waals surface area contributed by atoms with E-state index in [0.29, 0.717) is 5.76 Å². The van der Waals surface area contributed by atoms with Crippen LogP contribution >= 0.6 is 0 Å². The van der Waals surface area contributed by atoms with E-state index in [1.807, 2.05) is 0 Å². The molecule has 1 saturated heterocycles. The van der Waals surface area contributed by atoms with E-state index in [2.05, 4.69) is 21.1 Å². The van der Waals surface area contributed by atoms with Crippen LogP contribution in [0.3, 0.4) is 0 Å². The highest BCUT2D eigenvalue weighted by atomic mass is 16.5.